The number of imidazole rings is 2. The lowest BCUT2D eigenvalue weighted by Gasteiger charge is -2.39. The Balaban J connectivity index is 1.03. The van der Waals surface area contributed by atoms with Crippen molar-refractivity contribution < 1.29 is 49.9 Å². The quantitative estimate of drug-likeness (QED) is 0.0927. The van der Waals surface area contributed by atoms with Crippen molar-refractivity contribution in [1.82, 2.24) is 43.8 Å². The summed E-state index contributed by atoms with van der Waals surface area (Å²) in [4.78, 5) is 49.5. The molecule has 4 aromatic carbocycles. The number of aromatic amines is 1. The largest absolute Gasteiger partial charge is 0.497 e. The molecule has 20 nitrogen and oxygen atoms in total. The van der Waals surface area contributed by atoms with Crippen LogP contribution in [0.1, 0.15) is 52.8 Å². The van der Waals surface area contributed by atoms with Gasteiger partial charge in [0.05, 0.1) is 39.3 Å². The topological polar surface area (TPSA) is 238 Å². The van der Waals surface area contributed by atoms with Gasteiger partial charge in [0.25, 0.3) is 11.5 Å². The van der Waals surface area contributed by atoms with Crippen molar-refractivity contribution in [3.8, 4) is 11.5 Å². The van der Waals surface area contributed by atoms with Crippen LogP contribution in [-0.2, 0) is 34.3 Å². The molecule has 10 rings (SSSR count). The molecule has 0 unspecified atom stereocenters. The van der Waals surface area contributed by atoms with Crippen LogP contribution < -0.4 is 25.1 Å². The van der Waals surface area contributed by atoms with Crippen molar-refractivity contribution in [2.75, 3.05) is 26.1 Å². The lowest BCUT2D eigenvalue weighted by Crippen LogP contribution is -2.47. The minimum Gasteiger partial charge on any atom is -0.497 e. The summed E-state index contributed by atoms with van der Waals surface area (Å²) in [6, 6.07) is 31.5. The Morgan fingerprint density at radius 1 is 0.722 bits per heavy atom. The Morgan fingerprint density at radius 2 is 1.31 bits per heavy atom. The molecule has 0 bridgehead atoms. The number of amides is 1. The molecular formula is C49H46F2N10O10S. The smallest absolute Gasteiger partial charge is 0.336 e. The summed E-state index contributed by atoms with van der Waals surface area (Å²) in [5.74, 6) is 0.623. The second-order valence-electron chi connectivity index (χ2n) is 16.8. The molecule has 0 aliphatic carbocycles. The van der Waals surface area contributed by atoms with Crippen LogP contribution in [0.15, 0.2) is 139 Å². The average molecular weight is 1010 g/mol. The third-order valence-corrected chi connectivity index (χ3v) is 13.7. The van der Waals surface area contributed by atoms with Crippen molar-refractivity contribution in [1.29, 1.82) is 0 Å². The van der Waals surface area contributed by atoms with Gasteiger partial charge in [-0.1, -0.05) is 79.7 Å². The molecule has 0 saturated carbocycles. The second kappa shape index (κ2) is 19.9. The van der Waals surface area contributed by atoms with Gasteiger partial charge in [-0.25, -0.2) is 37.9 Å². The minimum absolute atomic E-state index is 0.00430. The number of benzene rings is 4. The first kappa shape index (κ1) is 48.1. The van der Waals surface area contributed by atoms with Gasteiger partial charge in [0.15, 0.2) is 59.0 Å². The predicted molar refractivity (Wildman–Crippen MR) is 255 cm³/mol. The van der Waals surface area contributed by atoms with Crippen molar-refractivity contribution >= 4 is 44.4 Å². The van der Waals surface area contributed by atoms with Gasteiger partial charge in [0.1, 0.15) is 35.6 Å². The zero-order chi connectivity index (χ0) is 50.1. The van der Waals surface area contributed by atoms with E-state index in [1.807, 2.05) is 18.2 Å². The van der Waals surface area contributed by atoms with E-state index < -0.39 is 83.1 Å². The van der Waals surface area contributed by atoms with E-state index in [9.17, 15) is 18.0 Å². The van der Waals surface area contributed by atoms with Gasteiger partial charge in [0.2, 0.25) is 0 Å². The second-order valence-corrected chi connectivity index (χ2v) is 18.2. The Bertz CT molecular complexity index is 3320. The molecule has 6 heterocycles. The zero-order valence-corrected chi connectivity index (χ0v) is 39.4. The van der Waals surface area contributed by atoms with Crippen LogP contribution in [0.4, 0.5) is 14.6 Å². The number of nitrogens with zero attached hydrogens (tertiary/aromatic N) is 7. The lowest BCUT2D eigenvalue weighted by atomic mass is 9.79. The molecule has 8 aromatic rings. The fourth-order valence-electron chi connectivity index (χ4n) is 9.11. The fourth-order valence-corrected chi connectivity index (χ4v) is 10.0. The number of aromatic nitrogens is 8. The van der Waals surface area contributed by atoms with E-state index in [2.05, 4.69) is 39.9 Å². The molecule has 72 heavy (non-hydrogen) atoms. The molecular weight excluding hydrogens is 959 g/mol. The highest BCUT2D eigenvalue weighted by Crippen LogP contribution is 2.47. The van der Waals surface area contributed by atoms with Crippen LogP contribution in [0.25, 0.3) is 22.3 Å². The van der Waals surface area contributed by atoms with Crippen LogP contribution in [-0.4, -0.2) is 111 Å². The van der Waals surface area contributed by atoms with Crippen LogP contribution in [0, 0.1) is 0 Å². The summed E-state index contributed by atoms with van der Waals surface area (Å²) in [6.07, 6.45) is -8.20. The van der Waals surface area contributed by atoms with Gasteiger partial charge in [-0.3, -0.25) is 18.7 Å². The summed E-state index contributed by atoms with van der Waals surface area (Å²) in [7, 11) is -1.91. The number of hydrogen-bond donors (Lipinski definition) is 3. The monoisotopic (exact) mass is 1000 g/mol. The van der Waals surface area contributed by atoms with Crippen LogP contribution in [0.3, 0.4) is 0 Å². The Labute approximate surface area is 409 Å². The van der Waals surface area contributed by atoms with E-state index >= 15 is 8.78 Å². The number of methoxy groups -OCH3 is 2. The molecule has 2 aliphatic heterocycles. The van der Waals surface area contributed by atoms with E-state index in [-0.39, 0.29) is 34.6 Å². The minimum atomic E-state index is -4.96. The Kier molecular flexibility index (Phi) is 13.3. The van der Waals surface area contributed by atoms with Crippen molar-refractivity contribution in [3.05, 3.63) is 167 Å². The Morgan fingerprint density at radius 3 is 1.94 bits per heavy atom. The molecule has 2 saturated heterocycles. The maximum Gasteiger partial charge on any atom is 0.336 e. The van der Waals surface area contributed by atoms with Crippen molar-refractivity contribution in [3.63, 3.8) is 0 Å². The SMILES string of the molecule is CC[C@H]1O[C@@H](n2cnc3c(=O)[nH]cnc32)[C@H](OS(=O)(=O)NC[C@H]2O[C@@H](n3cnc4c(NC(=O)c5ccccc5)ncnc43)[C@H](F)[C@@H]2OC(c2ccccc2)(c2ccc(OC)cc2)c2ccc(OC)cc2)[C@@H]1F. The first-order valence-corrected chi connectivity index (χ1v) is 24.1. The van der Waals surface area contributed by atoms with E-state index in [1.54, 1.807) is 97.9 Å². The third kappa shape index (κ3) is 8.94. The van der Waals surface area contributed by atoms with E-state index in [0.29, 0.717) is 33.8 Å². The molecule has 372 valence electrons. The highest BCUT2D eigenvalue weighted by atomic mass is 32.2. The lowest BCUT2D eigenvalue weighted by molar-refractivity contribution is -0.0917. The number of carbonyl (C=O) groups excluding carboxylic acids is 1. The van der Waals surface area contributed by atoms with Gasteiger partial charge < -0.3 is 34.0 Å². The maximum absolute atomic E-state index is 18.1. The van der Waals surface area contributed by atoms with Crippen LogP contribution >= 0.6 is 0 Å². The number of fused-ring (bicyclic) bond motifs is 2. The van der Waals surface area contributed by atoms with E-state index in [0.717, 1.165) is 6.33 Å². The van der Waals surface area contributed by atoms with E-state index in [4.69, 9.17) is 27.9 Å². The molecule has 2 fully saturated rings. The number of rotatable bonds is 17. The molecule has 1 amide bonds. The summed E-state index contributed by atoms with van der Waals surface area (Å²) in [6.45, 7) is 0.974. The molecule has 4 aromatic heterocycles. The van der Waals surface area contributed by atoms with Gasteiger partial charge in [0, 0.05) is 12.1 Å². The number of nitrogens with one attached hydrogen (secondary N) is 3. The number of carbonyl (C=O) groups is 1. The van der Waals surface area contributed by atoms with Gasteiger partial charge in [-0.2, -0.15) is 13.1 Å². The highest BCUT2D eigenvalue weighted by Gasteiger charge is 2.54. The standard InChI is InChI=1S/C49H46F2N10O10S/c1-4-34-36(50)41(48(68-34)61-27-57-39-44(61)54-25-55-46(39)63)71-72(64,65)58-23-35-40(37(51)47(69-35)60-26-56-38-42(52-24-53-43(38)60)59-45(62)28-11-7-5-8-12-28)70-49(29-13-9-6-10-14-29,30-15-19-32(66-2)20-16-30)31-17-21-33(67-3)22-18-31/h5-22,24-27,34-37,40-41,47-48,58H,4,23H2,1-3H3,(H,54,55,63)(H,52,53,59,62)/t34-,35-,36-,37-,40-,41-,47-,48-/m1/s1. The first-order valence-electron chi connectivity index (χ1n) is 22.7. The predicted octanol–water partition coefficient (Wildman–Crippen LogP) is 5.71. The average Bonchev–Trinajstić information content (AvgIpc) is 4.19. The number of halogens is 2. The fraction of sp³-hybridized carbons (Fsp3) is 0.286. The number of anilines is 1. The first-order chi connectivity index (χ1) is 34.9. The number of hydrogen-bond acceptors (Lipinski definition) is 15. The van der Waals surface area contributed by atoms with Gasteiger partial charge in [-0.15, -0.1) is 0 Å². The molecule has 3 N–H and O–H groups in total. The third-order valence-electron chi connectivity index (χ3n) is 12.7. The Hall–Kier alpha value is -7.54. The van der Waals surface area contributed by atoms with Crippen molar-refractivity contribution in [2.45, 2.75) is 68.2 Å². The summed E-state index contributed by atoms with van der Waals surface area (Å²) < 4.78 is 104. The number of ether oxygens (including phenoxy) is 5. The van der Waals surface area contributed by atoms with Crippen molar-refractivity contribution in [2.24, 2.45) is 0 Å². The highest BCUT2D eigenvalue weighted by molar-refractivity contribution is 7.84. The molecule has 0 spiro atoms. The molecule has 2 aliphatic rings. The summed E-state index contributed by atoms with van der Waals surface area (Å²) in [5, 5.41) is 2.74. The zero-order valence-electron chi connectivity index (χ0n) is 38.6. The van der Waals surface area contributed by atoms with E-state index in [1.165, 1.54) is 42.3 Å². The van der Waals surface area contributed by atoms with Crippen LogP contribution in [0.5, 0.6) is 11.5 Å². The van der Waals surface area contributed by atoms with Gasteiger partial charge >= 0.3 is 10.3 Å². The van der Waals surface area contributed by atoms with Crippen LogP contribution in [0.2, 0.25) is 0 Å². The normalized spacial score (nSPS) is 22.3. The number of H-pyrrole nitrogens is 1. The molecule has 23 heteroatoms. The molecule has 0 radical (unpaired) electrons. The summed E-state index contributed by atoms with van der Waals surface area (Å²) >= 11 is 0. The van der Waals surface area contributed by atoms with Gasteiger partial charge in [-0.05, 0) is 59.5 Å². The maximum atomic E-state index is 18.1. The molecule has 8 atom stereocenters. The number of alkyl halides is 2. The summed E-state index contributed by atoms with van der Waals surface area (Å²) in [5.41, 5.74) is -0.137.